The van der Waals surface area contributed by atoms with E-state index in [0.29, 0.717) is 18.3 Å². The summed E-state index contributed by atoms with van der Waals surface area (Å²) in [6.07, 6.45) is 3.73. The first kappa shape index (κ1) is 15.5. The Kier molecular flexibility index (Phi) is 4.64. The number of nitrogens with one attached hydrogen (secondary N) is 2. The van der Waals surface area contributed by atoms with E-state index in [1.54, 1.807) is 30.5 Å². The molecule has 0 radical (unpaired) electrons. The zero-order valence-corrected chi connectivity index (χ0v) is 13.2. The van der Waals surface area contributed by atoms with Crippen LogP contribution in [0.25, 0.3) is 0 Å². The van der Waals surface area contributed by atoms with E-state index in [2.05, 4.69) is 29.0 Å². The van der Waals surface area contributed by atoms with Gasteiger partial charge in [0.2, 0.25) is 10.0 Å². The summed E-state index contributed by atoms with van der Waals surface area (Å²) in [6.45, 7) is 4.63. The van der Waals surface area contributed by atoms with Gasteiger partial charge in [-0.1, -0.05) is 12.1 Å². The van der Waals surface area contributed by atoms with Gasteiger partial charge < -0.3 is 5.32 Å². The van der Waals surface area contributed by atoms with Gasteiger partial charge in [-0.3, -0.25) is 4.68 Å². The predicted molar refractivity (Wildman–Crippen MR) is 82.6 cm³/mol. The van der Waals surface area contributed by atoms with Gasteiger partial charge in [0.05, 0.1) is 11.9 Å². The Balaban J connectivity index is 2.17. The lowest BCUT2D eigenvalue weighted by atomic mass is 10.3. The van der Waals surface area contributed by atoms with Crippen LogP contribution in [-0.2, 0) is 16.6 Å². The molecule has 7 heteroatoms. The molecule has 0 unspecified atom stereocenters. The maximum Gasteiger partial charge on any atom is 0.242 e. The average Bonchev–Trinajstić information content (AvgIpc) is 2.94. The molecule has 0 aliphatic carbocycles. The number of para-hydroxylation sites is 1. The van der Waals surface area contributed by atoms with Gasteiger partial charge in [-0.25, -0.2) is 13.1 Å². The van der Waals surface area contributed by atoms with Crippen LogP contribution in [0.15, 0.2) is 41.6 Å². The van der Waals surface area contributed by atoms with Crippen molar-refractivity contribution in [3.05, 3.63) is 42.2 Å². The predicted octanol–water partition coefficient (Wildman–Crippen LogP) is 1.98. The van der Waals surface area contributed by atoms with E-state index in [1.807, 2.05) is 10.9 Å². The lowest BCUT2D eigenvalue weighted by Gasteiger charge is -2.11. The molecule has 1 aromatic heterocycles. The summed E-state index contributed by atoms with van der Waals surface area (Å²) in [5.41, 5.74) is 1.57. The Morgan fingerprint density at radius 1 is 1.29 bits per heavy atom. The highest BCUT2D eigenvalue weighted by molar-refractivity contribution is 7.89. The van der Waals surface area contributed by atoms with Crippen LogP contribution in [0.4, 0.5) is 5.69 Å². The zero-order chi connectivity index (χ0) is 15.5. The van der Waals surface area contributed by atoms with Gasteiger partial charge in [-0.05, 0) is 33.0 Å². The molecule has 0 saturated heterocycles. The molecular formula is C14H20N4O2S. The lowest BCUT2D eigenvalue weighted by molar-refractivity contribution is 0.532. The zero-order valence-electron chi connectivity index (χ0n) is 12.4. The smallest absolute Gasteiger partial charge is 0.242 e. The van der Waals surface area contributed by atoms with Gasteiger partial charge >= 0.3 is 0 Å². The van der Waals surface area contributed by atoms with Gasteiger partial charge in [0.25, 0.3) is 0 Å². The van der Waals surface area contributed by atoms with E-state index in [0.717, 1.165) is 5.56 Å². The number of aromatic nitrogens is 2. The largest absolute Gasteiger partial charge is 0.380 e. The average molecular weight is 308 g/mol. The van der Waals surface area contributed by atoms with Gasteiger partial charge in [0.1, 0.15) is 4.90 Å². The maximum atomic E-state index is 12.0. The van der Waals surface area contributed by atoms with Crippen LogP contribution in [0, 0.1) is 0 Å². The Morgan fingerprint density at radius 3 is 2.62 bits per heavy atom. The minimum atomic E-state index is -3.47. The lowest BCUT2D eigenvalue weighted by Crippen LogP contribution is -2.20. The van der Waals surface area contributed by atoms with Crippen molar-refractivity contribution in [2.45, 2.75) is 31.3 Å². The van der Waals surface area contributed by atoms with E-state index in [1.165, 1.54) is 7.05 Å². The van der Waals surface area contributed by atoms with E-state index in [-0.39, 0.29) is 4.90 Å². The third-order valence-corrected chi connectivity index (χ3v) is 4.58. The molecule has 2 N–H and O–H groups in total. The van der Waals surface area contributed by atoms with Crippen LogP contribution in [0.2, 0.25) is 0 Å². The quantitative estimate of drug-likeness (QED) is 0.855. The van der Waals surface area contributed by atoms with E-state index < -0.39 is 10.0 Å². The van der Waals surface area contributed by atoms with E-state index in [9.17, 15) is 8.42 Å². The van der Waals surface area contributed by atoms with Crippen LogP contribution in [0.3, 0.4) is 0 Å². The van der Waals surface area contributed by atoms with Gasteiger partial charge in [0.15, 0.2) is 0 Å². The Hall–Kier alpha value is -1.86. The van der Waals surface area contributed by atoms with Crippen LogP contribution >= 0.6 is 0 Å². The number of benzene rings is 1. The monoisotopic (exact) mass is 308 g/mol. The van der Waals surface area contributed by atoms with E-state index in [4.69, 9.17) is 0 Å². The fourth-order valence-electron chi connectivity index (χ4n) is 1.91. The first-order chi connectivity index (χ1) is 9.94. The Morgan fingerprint density at radius 2 is 2.00 bits per heavy atom. The molecule has 0 atom stereocenters. The van der Waals surface area contributed by atoms with Crippen molar-refractivity contribution in [3.63, 3.8) is 0 Å². The molecular weight excluding hydrogens is 288 g/mol. The van der Waals surface area contributed by atoms with Gasteiger partial charge in [0, 0.05) is 24.3 Å². The summed E-state index contributed by atoms with van der Waals surface area (Å²) < 4.78 is 28.1. The highest BCUT2D eigenvalue weighted by Crippen LogP contribution is 2.21. The molecule has 0 saturated carbocycles. The molecule has 6 nitrogen and oxygen atoms in total. The van der Waals surface area contributed by atoms with Crippen LogP contribution < -0.4 is 10.0 Å². The maximum absolute atomic E-state index is 12.0. The van der Waals surface area contributed by atoms with Crippen LogP contribution in [0.5, 0.6) is 0 Å². The second-order valence-corrected chi connectivity index (χ2v) is 6.83. The Bertz CT molecular complexity index is 707. The Labute approximate surface area is 125 Å². The highest BCUT2D eigenvalue weighted by atomic mass is 32.2. The van der Waals surface area contributed by atoms with Gasteiger partial charge in [-0.2, -0.15) is 5.10 Å². The topological polar surface area (TPSA) is 76.0 Å². The first-order valence-electron chi connectivity index (χ1n) is 6.73. The third kappa shape index (κ3) is 3.62. The van der Waals surface area contributed by atoms with E-state index >= 15 is 0 Å². The van der Waals surface area contributed by atoms with Gasteiger partial charge in [-0.15, -0.1) is 0 Å². The first-order valence-corrected chi connectivity index (χ1v) is 8.22. The normalized spacial score (nSPS) is 11.8. The summed E-state index contributed by atoms with van der Waals surface area (Å²) in [5.74, 6) is 0. The van der Waals surface area contributed by atoms with Crippen molar-refractivity contribution in [2.24, 2.45) is 0 Å². The van der Waals surface area contributed by atoms with Crippen molar-refractivity contribution in [2.75, 3.05) is 12.4 Å². The second kappa shape index (κ2) is 6.28. The summed E-state index contributed by atoms with van der Waals surface area (Å²) in [6, 6.07) is 7.12. The molecule has 0 aliphatic rings. The number of nitrogens with zero attached hydrogens (tertiary/aromatic N) is 2. The summed E-state index contributed by atoms with van der Waals surface area (Å²) >= 11 is 0. The molecule has 2 aromatic rings. The number of hydrogen-bond donors (Lipinski definition) is 2. The van der Waals surface area contributed by atoms with Crippen molar-refractivity contribution in [1.82, 2.24) is 14.5 Å². The van der Waals surface area contributed by atoms with Crippen molar-refractivity contribution in [3.8, 4) is 0 Å². The van der Waals surface area contributed by atoms with Crippen molar-refractivity contribution >= 4 is 15.7 Å². The summed E-state index contributed by atoms with van der Waals surface area (Å²) in [7, 11) is -2.07. The molecule has 0 spiro atoms. The molecule has 0 amide bonds. The number of hydrogen-bond acceptors (Lipinski definition) is 4. The third-order valence-electron chi connectivity index (χ3n) is 3.11. The molecule has 21 heavy (non-hydrogen) atoms. The molecule has 0 bridgehead atoms. The number of anilines is 1. The molecule has 1 aromatic carbocycles. The minimum Gasteiger partial charge on any atom is -0.380 e. The fraction of sp³-hybridized carbons (Fsp3) is 0.357. The van der Waals surface area contributed by atoms with Crippen LogP contribution in [-0.4, -0.2) is 25.2 Å². The molecule has 114 valence electrons. The molecule has 0 fully saturated rings. The minimum absolute atomic E-state index is 0.240. The van der Waals surface area contributed by atoms with Crippen LogP contribution in [0.1, 0.15) is 25.5 Å². The standard InChI is InChI=1S/C14H20N4O2S/c1-11(2)18-10-12(9-17-18)8-16-13-6-4-5-7-14(13)21(19,20)15-3/h4-7,9-11,15-16H,8H2,1-3H3. The molecule has 1 heterocycles. The fourth-order valence-corrected chi connectivity index (χ4v) is 2.81. The highest BCUT2D eigenvalue weighted by Gasteiger charge is 2.15. The van der Waals surface area contributed by atoms with Crippen molar-refractivity contribution < 1.29 is 8.42 Å². The van der Waals surface area contributed by atoms with Crippen molar-refractivity contribution in [1.29, 1.82) is 0 Å². The summed E-state index contributed by atoms with van der Waals surface area (Å²) in [5, 5.41) is 7.41. The molecule has 0 aliphatic heterocycles. The number of sulfonamides is 1. The SMILES string of the molecule is CNS(=O)(=O)c1ccccc1NCc1cnn(C(C)C)c1. The number of rotatable bonds is 6. The molecule has 2 rings (SSSR count). The second-order valence-electron chi connectivity index (χ2n) is 4.98. The summed E-state index contributed by atoms with van der Waals surface area (Å²) in [4.78, 5) is 0.240.